The summed E-state index contributed by atoms with van der Waals surface area (Å²) >= 11 is 0. The average Bonchev–Trinajstić information content (AvgIpc) is 2.82. The zero-order valence-corrected chi connectivity index (χ0v) is 10.6. The molecule has 1 atom stereocenters. The molecule has 3 rings (SSSR count). The molecular weight excluding hydrogens is 204 g/mol. The number of rotatable bonds is 2. The van der Waals surface area contributed by atoms with Gasteiger partial charge in [0.25, 0.3) is 0 Å². The van der Waals surface area contributed by atoms with Crippen molar-refractivity contribution >= 4 is 0 Å². The first-order valence-electron chi connectivity index (χ1n) is 6.84. The van der Waals surface area contributed by atoms with Crippen LogP contribution in [0.1, 0.15) is 50.5 Å². The van der Waals surface area contributed by atoms with Crippen LogP contribution in [0.3, 0.4) is 0 Å². The van der Waals surface area contributed by atoms with Crippen LogP contribution >= 0.6 is 0 Å². The molecule has 0 heteroatoms. The Labute approximate surface area is 104 Å². The van der Waals surface area contributed by atoms with Crippen molar-refractivity contribution in [2.24, 2.45) is 0 Å². The van der Waals surface area contributed by atoms with Crippen molar-refractivity contribution in [1.29, 1.82) is 0 Å². The molecule has 0 bridgehead atoms. The Balaban J connectivity index is 1.95. The highest BCUT2D eigenvalue weighted by molar-refractivity contribution is 5.47. The van der Waals surface area contributed by atoms with Crippen LogP contribution < -0.4 is 0 Å². The standard InChI is InChI=1S/C17H20/c1-2-13-11-15-9-6-10-16(17(15)12-13)14-7-4-3-5-8-14/h3-5,7-8,12,16H,2,6,9-11H2,1H3. The predicted molar refractivity (Wildman–Crippen MR) is 73.1 cm³/mol. The Kier molecular flexibility index (Phi) is 2.88. The van der Waals surface area contributed by atoms with E-state index in [0.29, 0.717) is 5.92 Å². The van der Waals surface area contributed by atoms with E-state index in [-0.39, 0.29) is 0 Å². The Morgan fingerprint density at radius 2 is 2.00 bits per heavy atom. The molecule has 0 amide bonds. The lowest BCUT2D eigenvalue weighted by atomic mass is 9.80. The van der Waals surface area contributed by atoms with E-state index in [1.165, 1.54) is 37.7 Å². The lowest BCUT2D eigenvalue weighted by Gasteiger charge is -2.24. The van der Waals surface area contributed by atoms with Gasteiger partial charge in [-0.1, -0.05) is 54.5 Å². The molecular formula is C17H20. The third-order valence-corrected chi connectivity index (χ3v) is 4.21. The molecule has 0 N–H and O–H groups in total. The third-order valence-electron chi connectivity index (χ3n) is 4.21. The summed E-state index contributed by atoms with van der Waals surface area (Å²) in [4.78, 5) is 0. The van der Waals surface area contributed by atoms with E-state index >= 15 is 0 Å². The zero-order valence-electron chi connectivity index (χ0n) is 10.6. The first-order valence-corrected chi connectivity index (χ1v) is 6.84. The second-order valence-electron chi connectivity index (χ2n) is 5.25. The van der Waals surface area contributed by atoms with Crippen LogP contribution in [0.5, 0.6) is 0 Å². The summed E-state index contributed by atoms with van der Waals surface area (Å²) in [5, 5.41) is 0. The quantitative estimate of drug-likeness (QED) is 0.663. The minimum atomic E-state index is 0.670. The third kappa shape index (κ3) is 1.97. The SMILES string of the molecule is CCC1=CC2=C(CCCC2c2ccccc2)C1. The molecule has 1 aromatic rings. The van der Waals surface area contributed by atoms with Crippen LogP contribution in [-0.4, -0.2) is 0 Å². The largest absolute Gasteiger partial charge is 0.0661 e. The molecule has 0 nitrogen and oxygen atoms in total. The molecule has 1 unspecified atom stereocenters. The number of allylic oxidation sites excluding steroid dienone is 4. The van der Waals surface area contributed by atoms with Crippen LogP contribution in [0.25, 0.3) is 0 Å². The molecule has 0 aromatic heterocycles. The second-order valence-corrected chi connectivity index (χ2v) is 5.25. The first kappa shape index (κ1) is 10.8. The molecule has 0 radical (unpaired) electrons. The summed E-state index contributed by atoms with van der Waals surface area (Å²) in [5.41, 5.74) is 6.52. The maximum absolute atomic E-state index is 2.49. The van der Waals surface area contributed by atoms with Crippen LogP contribution in [0, 0.1) is 0 Å². The van der Waals surface area contributed by atoms with Crippen molar-refractivity contribution in [2.75, 3.05) is 0 Å². The van der Waals surface area contributed by atoms with E-state index in [1.54, 1.807) is 16.7 Å². The maximum Gasteiger partial charge on any atom is 0.00891 e. The molecule has 0 aliphatic heterocycles. The van der Waals surface area contributed by atoms with Gasteiger partial charge in [-0.3, -0.25) is 0 Å². The van der Waals surface area contributed by atoms with E-state index in [2.05, 4.69) is 43.3 Å². The van der Waals surface area contributed by atoms with Crippen LogP contribution in [0.15, 0.2) is 53.1 Å². The van der Waals surface area contributed by atoms with Crippen LogP contribution in [0.4, 0.5) is 0 Å². The molecule has 0 saturated carbocycles. The summed E-state index contributed by atoms with van der Waals surface area (Å²) < 4.78 is 0. The number of hydrogen-bond donors (Lipinski definition) is 0. The molecule has 0 spiro atoms. The molecule has 1 aromatic carbocycles. The number of benzene rings is 1. The van der Waals surface area contributed by atoms with Gasteiger partial charge in [0.05, 0.1) is 0 Å². The van der Waals surface area contributed by atoms with Gasteiger partial charge in [0.2, 0.25) is 0 Å². The Bertz CT molecular complexity index is 462. The summed E-state index contributed by atoms with van der Waals surface area (Å²) in [6.07, 6.45) is 8.99. The minimum Gasteiger partial charge on any atom is -0.0661 e. The fraction of sp³-hybridized carbons (Fsp3) is 0.412. The van der Waals surface area contributed by atoms with Gasteiger partial charge in [0.15, 0.2) is 0 Å². The molecule has 0 fully saturated rings. The van der Waals surface area contributed by atoms with Crippen molar-refractivity contribution in [1.82, 2.24) is 0 Å². The summed E-state index contributed by atoms with van der Waals surface area (Å²) in [5.74, 6) is 0.670. The van der Waals surface area contributed by atoms with E-state index in [9.17, 15) is 0 Å². The highest BCUT2D eigenvalue weighted by atomic mass is 14.3. The fourth-order valence-corrected chi connectivity index (χ4v) is 3.26. The monoisotopic (exact) mass is 224 g/mol. The molecule has 0 heterocycles. The van der Waals surface area contributed by atoms with E-state index in [0.717, 1.165) is 0 Å². The van der Waals surface area contributed by atoms with Gasteiger partial charge in [0, 0.05) is 5.92 Å². The van der Waals surface area contributed by atoms with E-state index in [1.807, 2.05) is 0 Å². The second kappa shape index (κ2) is 4.52. The van der Waals surface area contributed by atoms with Gasteiger partial charge in [-0.15, -0.1) is 0 Å². The van der Waals surface area contributed by atoms with Crippen molar-refractivity contribution in [3.63, 3.8) is 0 Å². The molecule has 2 aliphatic carbocycles. The molecule has 2 aliphatic rings. The van der Waals surface area contributed by atoms with Crippen molar-refractivity contribution in [3.8, 4) is 0 Å². The van der Waals surface area contributed by atoms with Crippen molar-refractivity contribution in [3.05, 3.63) is 58.7 Å². The summed E-state index contributed by atoms with van der Waals surface area (Å²) in [7, 11) is 0. The van der Waals surface area contributed by atoms with Gasteiger partial charge in [-0.2, -0.15) is 0 Å². The zero-order chi connectivity index (χ0) is 11.7. The maximum atomic E-state index is 2.49. The van der Waals surface area contributed by atoms with E-state index < -0.39 is 0 Å². The number of hydrogen-bond acceptors (Lipinski definition) is 0. The average molecular weight is 224 g/mol. The summed E-state index contributed by atoms with van der Waals surface area (Å²) in [6.45, 7) is 2.28. The van der Waals surface area contributed by atoms with Crippen LogP contribution in [-0.2, 0) is 0 Å². The van der Waals surface area contributed by atoms with Gasteiger partial charge in [-0.05, 0) is 43.2 Å². The lowest BCUT2D eigenvalue weighted by Crippen LogP contribution is -2.07. The summed E-state index contributed by atoms with van der Waals surface area (Å²) in [6, 6.07) is 11.0. The highest BCUT2D eigenvalue weighted by Crippen LogP contribution is 2.44. The Morgan fingerprint density at radius 1 is 1.18 bits per heavy atom. The predicted octanol–water partition coefficient (Wildman–Crippen LogP) is 4.99. The molecule has 0 saturated heterocycles. The van der Waals surface area contributed by atoms with Crippen LogP contribution in [0.2, 0.25) is 0 Å². The normalized spacial score (nSPS) is 23.6. The van der Waals surface area contributed by atoms with Gasteiger partial charge >= 0.3 is 0 Å². The highest BCUT2D eigenvalue weighted by Gasteiger charge is 2.26. The van der Waals surface area contributed by atoms with Crippen molar-refractivity contribution < 1.29 is 0 Å². The smallest absolute Gasteiger partial charge is 0.00891 e. The fourth-order valence-electron chi connectivity index (χ4n) is 3.26. The minimum absolute atomic E-state index is 0.670. The van der Waals surface area contributed by atoms with Gasteiger partial charge in [0.1, 0.15) is 0 Å². The van der Waals surface area contributed by atoms with Gasteiger partial charge < -0.3 is 0 Å². The Morgan fingerprint density at radius 3 is 2.76 bits per heavy atom. The Hall–Kier alpha value is -1.30. The van der Waals surface area contributed by atoms with Gasteiger partial charge in [-0.25, -0.2) is 0 Å². The topological polar surface area (TPSA) is 0 Å². The molecule has 88 valence electrons. The van der Waals surface area contributed by atoms with E-state index in [4.69, 9.17) is 0 Å². The van der Waals surface area contributed by atoms with Crippen molar-refractivity contribution in [2.45, 2.75) is 44.9 Å². The lowest BCUT2D eigenvalue weighted by molar-refractivity contribution is 0.611. The first-order chi connectivity index (χ1) is 8.38. The molecule has 17 heavy (non-hydrogen) atoms.